The predicted molar refractivity (Wildman–Crippen MR) is 29.0 cm³/mol. The molecule has 0 rings (SSSR count). The number of rotatable bonds is 4. The smallest absolute Gasteiger partial charge is 0.156 e. The second-order valence-corrected chi connectivity index (χ2v) is 1.34. The molecule has 0 amide bonds. The lowest BCUT2D eigenvalue weighted by Gasteiger charge is -2.06. The molecule has 0 bridgehead atoms. The average Bonchev–Trinajstić information content (AvgIpc) is 1.68. The van der Waals surface area contributed by atoms with Crippen molar-refractivity contribution in [1.82, 2.24) is 0 Å². The maximum Gasteiger partial charge on any atom is 0.156 e. The van der Waals surface area contributed by atoms with Gasteiger partial charge in [0, 0.05) is 19.6 Å². The van der Waals surface area contributed by atoms with Crippen molar-refractivity contribution in [1.29, 1.82) is 0 Å². The Morgan fingerprint density at radius 2 is 2.25 bits per heavy atom. The summed E-state index contributed by atoms with van der Waals surface area (Å²) >= 11 is 0. The van der Waals surface area contributed by atoms with Crippen molar-refractivity contribution in [2.75, 3.05) is 13.2 Å². The van der Waals surface area contributed by atoms with Crippen LogP contribution in [0.15, 0.2) is 0 Å². The summed E-state index contributed by atoms with van der Waals surface area (Å²) < 4.78 is 4.57. The molecule has 1 radical (unpaired) electrons. The molecule has 3 nitrogen and oxygen atoms in total. The SMILES string of the molecule is [CH2]COC(O)CCO. The zero-order valence-electron chi connectivity index (χ0n) is 4.71. The van der Waals surface area contributed by atoms with Gasteiger partial charge in [-0.1, -0.05) is 0 Å². The van der Waals surface area contributed by atoms with E-state index in [1.807, 2.05) is 0 Å². The van der Waals surface area contributed by atoms with Crippen LogP contribution in [-0.4, -0.2) is 29.7 Å². The zero-order valence-corrected chi connectivity index (χ0v) is 4.71. The normalized spacial score (nSPS) is 13.9. The molecule has 49 valence electrons. The molecule has 2 N–H and O–H groups in total. The average molecular weight is 119 g/mol. The summed E-state index contributed by atoms with van der Waals surface area (Å²) in [5.74, 6) is 0. The van der Waals surface area contributed by atoms with Gasteiger partial charge >= 0.3 is 0 Å². The summed E-state index contributed by atoms with van der Waals surface area (Å²) in [6.45, 7) is 3.53. The Morgan fingerprint density at radius 1 is 1.62 bits per heavy atom. The molecule has 8 heavy (non-hydrogen) atoms. The molecule has 0 saturated carbocycles. The summed E-state index contributed by atoms with van der Waals surface area (Å²) in [6, 6.07) is 0. The van der Waals surface area contributed by atoms with Crippen LogP contribution in [0, 0.1) is 6.92 Å². The topological polar surface area (TPSA) is 49.7 Å². The zero-order chi connectivity index (χ0) is 6.41. The Hall–Kier alpha value is -0.120. The molecule has 1 unspecified atom stereocenters. The van der Waals surface area contributed by atoms with E-state index < -0.39 is 6.29 Å². The van der Waals surface area contributed by atoms with E-state index in [0.29, 0.717) is 0 Å². The predicted octanol–water partition coefficient (Wildman–Crippen LogP) is -0.462. The van der Waals surface area contributed by atoms with E-state index in [1.165, 1.54) is 0 Å². The summed E-state index contributed by atoms with van der Waals surface area (Å²) in [6.07, 6.45) is -0.590. The lowest BCUT2D eigenvalue weighted by molar-refractivity contribution is -0.0994. The van der Waals surface area contributed by atoms with Gasteiger partial charge in [0.05, 0.1) is 0 Å². The summed E-state index contributed by atoms with van der Waals surface area (Å²) in [5.41, 5.74) is 0. The van der Waals surface area contributed by atoms with Gasteiger partial charge in [-0.05, 0) is 6.92 Å². The van der Waals surface area contributed by atoms with Crippen molar-refractivity contribution >= 4 is 0 Å². The van der Waals surface area contributed by atoms with E-state index in [9.17, 15) is 0 Å². The highest BCUT2D eigenvalue weighted by molar-refractivity contribution is 4.39. The van der Waals surface area contributed by atoms with Crippen molar-refractivity contribution in [3.05, 3.63) is 6.92 Å². The van der Waals surface area contributed by atoms with Gasteiger partial charge in [-0.25, -0.2) is 0 Å². The number of hydrogen-bond donors (Lipinski definition) is 2. The van der Waals surface area contributed by atoms with Gasteiger partial charge in [-0.3, -0.25) is 0 Å². The molecule has 0 aromatic carbocycles. The molecule has 0 aromatic heterocycles. The molecule has 0 aliphatic heterocycles. The van der Waals surface area contributed by atoms with Crippen LogP contribution in [0.4, 0.5) is 0 Å². The van der Waals surface area contributed by atoms with Gasteiger partial charge in [-0.2, -0.15) is 0 Å². The maximum absolute atomic E-state index is 8.63. The first kappa shape index (κ1) is 7.88. The van der Waals surface area contributed by atoms with Crippen LogP contribution in [0.25, 0.3) is 0 Å². The highest BCUT2D eigenvalue weighted by Gasteiger charge is 1.98. The van der Waals surface area contributed by atoms with Gasteiger partial charge < -0.3 is 14.9 Å². The highest BCUT2D eigenvalue weighted by atomic mass is 16.6. The standard InChI is InChI=1S/C5H11O3/c1-2-8-5(7)3-4-6/h5-7H,1-4H2. The Kier molecular flexibility index (Phi) is 4.95. The molecular formula is C5H11O3. The van der Waals surface area contributed by atoms with Crippen molar-refractivity contribution in [3.63, 3.8) is 0 Å². The second kappa shape index (κ2) is 5.03. The molecular weight excluding hydrogens is 108 g/mol. The molecule has 0 fully saturated rings. The third-order valence-corrected chi connectivity index (χ3v) is 0.686. The molecule has 0 spiro atoms. The fraction of sp³-hybridized carbons (Fsp3) is 0.800. The minimum atomic E-state index is -0.850. The maximum atomic E-state index is 8.63. The summed E-state index contributed by atoms with van der Waals surface area (Å²) in [4.78, 5) is 0. The minimum absolute atomic E-state index is 0.0544. The molecule has 0 aromatic rings. The second-order valence-electron chi connectivity index (χ2n) is 1.34. The molecule has 0 heterocycles. The first-order valence-corrected chi connectivity index (χ1v) is 2.51. The largest absolute Gasteiger partial charge is 0.396 e. The van der Waals surface area contributed by atoms with Crippen LogP contribution in [-0.2, 0) is 4.74 Å². The van der Waals surface area contributed by atoms with Crippen molar-refractivity contribution < 1.29 is 14.9 Å². The number of aliphatic hydroxyl groups is 2. The fourth-order valence-corrected chi connectivity index (χ4v) is 0.330. The quantitative estimate of drug-likeness (QED) is 0.492. The summed E-state index contributed by atoms with van der Waals surface area (Å²) in [5, 5.41) is 16.8. The van der Waals surface area contributed by atoms with Crippen LogP contribution < -0.4 is 0 Å². The number of hydrogen-bond acceptors (Lipinski definition) is 3. The van der Waals surface area contributed by atoms with Crippen molar-refractivity contribution in [2.45, 2.75) is 12.7 Å². The van der Waals surface area contributed by atoms with Gasteiger partial charge in [0.15, 0.2) is 6.29 Å². The van der Waals surface area contributed by atoms with Crippen LogP contribution in [0.5, 0.6) is 0 Å². The molecule has 0 saturated heterocycles. The van der Waals surface area contributed by atoms with E-state index in [-0.39, 0.29) is 19.6 Å². The fourth-order valence-electron chi connectivity index (χ4n) is 0.330. The molecule has 3 heteroatoms. The Labute approximate surface area is 48.9 Å². The third kappa shape index (κ3) is 4.05. The van der Waals surface area contributed by atoms with E-state index in [0.717, 1.165) is 0 Å². The van der Waals surface area contributed by atoms with E-state index in [4.69, 9.17) is 10.2 Å². The first-order chi connectivity index (χ1) is 3.81. The van der Waals surface area contributed by atoms with Crippen LogP contribution in [0.2, 0.25) is 0 Å². The Balaban J connectivity index is 2.92. The van der Waals surface area contributed by atoms with E-state index >= 15 is 0 Å². The van der Waals surface area contributed by atoms with Gasteiger partial charge in [0.2, 0.25) is 0 Å². The van der Waals surface area contributed by atoms with Gasteiger partial charge in [0.25, 0.3) is 0 Å². The van der Waals surface area contributed by atoms with Crippen LogP contribution in [0.1, 0.15) is 6.42 Å². The Morgan fingerprint density at radius 3 is 2.62 bits per heavy atom. The summed E-state index contributed by atoms with van der Waals surface area (Å²) in [7, 11) is 0. The lowest BCUT2D eigenvalue weighted by atomic mass is 10.4. The van der Waals surface area contributed by atoms with Crippen LogP contribution in [0.3, 0.4) is 0 Å². The van der Waals surface area contributed by atoms with Crippen LogP contribution >= 0.6 is 0 Å². The Bertz CT molecular complexity index is 40.9. The monoisotopic (exact) mass is 119 g/mol. The molecule has 0 aliphatic carbocycles. The molecule has 0 aliphatic rings. The number of ether oxygens (including phenoxy) is 1. The number of aliphatic hydroxyl groups excluding tert-OH is 2. The third-order valence-electron chi connectivity index (χ3n) is 0.686. The highest BCUT2D eigenvalue weighted by Crippen LogP contribution is 1.90. The van der Waals surface area contributed by atoms with E-state index in [1.54, 1.807) is 0 Å². The molecule has 1 atom stereocenters. The first-order valence-electron chi connectivity index (χ1n) is 2.51. The van der Waals surface area contributed by atoms with Gasteiger partial charge in [-0.15, -0.1) is 0 Å². The van der Waals surface area contributed by atoms with Crippen molar-refractivity contribution in [2.24, 2.45) is 0 Å². The van der Waals surface area contributed by atoms with E-state index in [2.05, 4.69) is 11.7 Å². The van der Waals surface area contributed by atoms with Gasteiger partial charge in [0.1, 0.15) is 0 Å². The van der Waals surface area contributed by atoms with Crippen molar-refractivity contribution in [3.8, 4) is 0 Å². The minimum Gasteiger partial charge on any atom is -0.396 e. The lowest BCUT2D eigenvalue weighted by Crippen LogP contribution is -2.12.